The van der Waals surface area contributed by atoms with Crippen LogP contribution in [0.1, 0.15) is 427 Å². The first-order valence-electron chi connectivity index (χ1n) is 42.0. The van der Waals surface area contributed by atoms with E-state index in [1.54, 1.807) is 0 Å². The summed E-state index contributed by atoms with van der Waals surface area (Å²) < 4.78 is 68.7. The molecule has 0 aliphatic heterocycles. The van der Waals surface area contributed by atoms with Crippen LogP contribution in [0.4, 0.5) is 0 Å². The summed E-state index contributed by atoms with van der Waals surface area (Å²) in [4.78, 5) is 73.0. The van der Waals surface area contributed by atoms with Gasteiger partial charge in [-0.1, -0.05) is 375 Å². The molecule has 19 heteroatoms. The van der Waals surface area contributed by atoms with E-state index in [1.165, 1.54) is 244 Å². The normalized spacial score (nSPS) is 13.9. The van der Waals surface area contributed by atoms with E-state index in [1.807, 2.05) is 0 Å². The molecule has 0 saturated heterocycles. The van der Waals surface area contributed by atoms with Gasteiger partial charge in [0, 0.05) is 25.7 Å². The van der Waals surface area contributed by atoms with Crippen molar-refractivity contribution in [2.24, 2.45) is 11.8 Å². The number of aliphatic hydroxyl groups excluding tert-OH is 1. The fourth-order valence-electron chi connectivity index (χ4n) is 12.5. The number of unbranched alkanes of at least 4 members (excludes halogenated alkanes) is 50. The number of ether oxygens (including phenoxy) is 4. The molecule has 0 saturated carbocycles. The number of phosphoric ester groups is 2. The van der Waals surface area contributed by atoms with Crippen molar-refractivity contribution < 1.29 is 80.2 Å². The van der Waals surface area contributed by atoms with Crippen LogP contribution >= 0.6 is 15.6 Å². The number of carbonyl (C=O) groups excluding carboxylic acids is 4. The zero-order valence-electron chi connectivity index (χ0n) is 65.5. The summed E-state index contributed by atoms with van der Waals surface area (Å²) in [6, 6.07) is 0. The van der Waals surface area contributed by atoms with Crippen molar-refractivity contribution in [2.45, 2.75) is 445 Å². The molecule has 0 bridgehead atoms. The van der Waals surface area contributed by atoms with Crippen molar-refractivity contribution in [1.82, 2.24) is 0 Å². The molecule has 0 aromatic rings. The van der Waals surface area contributed by atoms with Gasteiger partial charge in [0.25, 0.3) is 0 Å². The first kappa shape index (κ1) is 98.1. The average Bonchev–Trinajstić information content (AvgIpc) is 0.928. The van der Waals surface area contributed by atoms with Gasteiger partial charge in [-0.2, -0.15) is 0 Å². The van der Waals surface area contributed by atoms with E-state index in [0.717, 1.165) is 102 Å². The second kappa shape index (κ2) is 72.6. The van der Waals surface area contributed by atoms with E-state index in [9.17, 15) is 43.2 Å². The van der Waals surface area contributed by atoms with Gasteiger partial charge in [-0.05, 0) is 37.5 Å². The minimum absolute atomic E-state index is 0.107. The van der Waals surface area contributed by atoms with E-state index >= 15 is 0 Å². The molecule has 0 spiro atoms. The van der Waals surface area contributed by atoms with Gasteiger partial charge in [0.2, 0.25) is 0 Å². The molecule has 0 amide bonds. The van der Waals surface area contributed by atoms with Gasteiger partial charge in [-0.25, -0.2) is 9.13 Å². The third-order valence-corrected chi connectivity index (χ3v) is 20.9. The quantitative estimate of drug-likeness (QED) is 0.0222. The van der Waals surface area contributed by atoms with Crippen LogP contribution in [0.15, 0.2) is 0 Å². The molecule has 0 aliphatic rings. The molecule has 594 valence electrons. The van der Waals surface area contributed by atoms with Crippen molar-refractivity contribution in [3.05, 3.63) is 0 Å². The van der Waals surface area contributed by atoms with Crippen LogP contribution in [0, 0.1) is 11.8 Å². The summed E-state index contributed by atoms with van der Waals surface area (Å²) in [7, 11) is -9.92. The molecule has 2 unspecified atom stereocenters. The molecule has 0 aromatic heterocycles. The minimum Gasteiger partial charge on any atom is -0.462 e. The van der Waals surface area contributed by atoms with E-state index in [2.05, 4.69) is 41.5 Å². The molecular weight excluding hydrogens is 1310 g/mol. The second-order valence-electron chi connectivity index (χ2n) is 30.1. The van der Waals surface area contributed by atoms with E-state index in [4.69, 9.17) is 37.0 Å². The summed E-state index contributed by atoms with van der Waals surface area (Å²) in [6.45, 7) is 9.67. The minimum atomic E-state index is -4.96. The van der Waals surface area contributed by atoms with Crippen LogP contribution in [-0.4, -0.2) is 96.7 Å². The fraction of sp³-hybridized carbons (Fsp3) is 0.951. The highest BCUT2D eigenvalue weighted by molar-refractivity contribution is 7.47. The van der Waals surface area contributed by atoms with Gasteiger partial charge in [0.15, 0.2) is 12.2 Å². The Morgan fingerprint density at radius 3 is 0.680 bits per heavy atom. The average molecular weight is 1470 g/mol. The molecule has 0 heterocycles. The zero-order chi connectivity index (χ0) is 73.5. The zero-order valence-corrected chi connectivity index (χ0v) is 67.3. The standard InChI is InChI=1S/C81H158O17P2/c1-7-9-11-13-15-17-19-20-25-29-34-40-46-52-58-64-79(84)92-70-77(97-80(85)65-59-53-47-41-35-30-27-24-22-21-23-26-28-32-37-43-49-55-61-73(3)4)72-96-100(89,90)94-68-75(82)67-93-99(87,88)95-71-76(69-91-78(83)63-57-51-45-39-18-16-14-12-10-8-2)98-81(86)66-60-54-48-42-36-31-33-38-44-50-56-62-74(5)6/h73-77,82H,7-72H2,1-6H3,(H,87,88)(H,89,90)/t75-,76+,77+/m0/s1. The summed E-state index contributed by atoms with van der Waals surface area (Å²) in [6.07, 6.45) is 62.4. The predicted molar refractivity (Wildman–Crippen MR) is 409 cm³/mol. The van der Waals surface area contributed by atoms with Gasteiger partial charge < -0.3 is 33.8 Å². The molecule has 100 heavy (non-hydrogen) atoms. The third-order valence-electron chi connectivity index (χ3n) is 19.0. The van der Waals surface area contributed by atoms with Crippen molar-refractivity contribution in [1.29, 1.82) is 0 Å². The smallest absolute Gasteiger partial charge is 0.462 e. The number of carbonyl (C=O) groups is 4. The number of hydrogen-bond donors (Lipinski definition) is 3. The van der Waals surface area contributed by atoms with Crippen LogP contribution in [0.25, 0.3) is 0 Å². The van der Waals surface area contributed by atoms with Gasteiger partial charge in [0.05, 0.1) is 26.4 Å². The van der Waals surface area contributed by atoms with Gasteiger partial charge >= 0.3 is 39.5 Å². The Hall–Kier alpha value is -1.94. The SMILES string of the molecule is CCCCCCCCCCCCCCCCCC(=O)OC[C@H](COP(=O)(O)OC[C@@H](O)COP(=O)(O)OC[C@@H](COC(=O)CCCCCCCCCCCC)OC(=O)CCCCCCCCCCCCCC(C)C)OC(=O)CCCCCCCCCCCCCCCCCCCCC(C)C. The lowest BCUT2D eigenvalue weighted by atomic mass is 10.0. The Morgan fingerprint density at radius 2 is 0.460 bits per heavy atom. The van der Waals surface area contributed by atoms with Gasteiger partial charge in [-0.3, -0.25) is 37.3 Å². The molecule has 0 rings (SSSR count). The Balaban J connectivity index is 5.22. The van der Waals surface area contributed by atoms with Gasteiger partial charge in [0.1, 0.15) is 19.3 Å². The van der Waals surface area contributed by atoms with Crippen LogP contribution in [0.3, 0.4) is 0 Å². The molecule has 0 fully saturated rings. The Morgan fingerprint density at radius 1 is 0.270 bits per heavy atom. The summed E-state index contributed by atoms with van der Waals surface area (Å²) >= 11 is 0. The number of phosphoric acid groups is 2. The van der Waals surface area contributed by atoms with Gasteiger partial charge in [-0.15, -0.1) is 0 Å². The van der Waals surface area contributed by atoms with Crippen LogP contribution in [-0.2, 0) is 65.4 Å². The first-order chi connectivity index (χ1) is 48.4. The second-order valence-corrected chi connectivity index (χ2v) is 33.0. The molecular formula is C81H158O17P2. The molecule has 17 nitrogen and oxygen atoms in total. The van der Waals surface area contributed by atoms with E-state index in [-0.39, 0.29) is 25.7 Å². The first-order valence-corrected chi connectivity index (χ1v) is 45.0. The Labute approximate surface area is 613 Å². The molecule has 0 aromatic carbocycles. The maximum absolute atomic E-state index is 13.1. The largest absolute Gasteiger partial charge is 0.472 e. The summed E-state index contributed by atoms with van der Waals surface area (Å²) in [5, 5.41) is 10.6. The lowest BCUT2D eigenvalue weighted by Gasteiger charge is -2.21. The molecule has 3 N–H and O–H groups in total. The van der Waals surface area contributed by atoms with Crippen LogP contribution < -0.4 is 0 Å². The highest BCUT2D eigenvalue weighted by atomic mass is 31.2. The summed E-state index contributed by atoms with van der Waals surface area (Å²) in [5.41, 5.74) is 0. The van der Waals surface area contributed by atoms with Crippen molar-refractivity contribution in [2.75, 3.05) is 39.6 Å². The maximum atomic E-state index is 13.1. The number of aliphatic hydroxyl groups is 1. The van der Waals surface area contributed by atoms with E-state index in [0.29, 0.717) is 25.7 Å². The summed E-state index contributed by atoms with van der Waals surface area (Å²) in [5.74, 6) is -0.522. The number of rotatable bonds is 80. The third kappa shape index (κ3) is 74.3. The van der Waals surface area contributed by atoms with Crippen molar-refractivity contribution >= 4 is 39.5 Å². The topological polar surface area (TPSA) is 237 Å². The monoisotopic (exact) mass is 1470 g/mol. The number of hydrogen-bond acceptors (Lipinski definition) is 15. The Bertz CT molecular complexity index is 1920. The molecule has 5 atom stereocenters. The number of esters is 4. The van der Waals surface area contributed by atoms with Crippen LogP contribution in [0.5, 0.6) is 0 Å². The van der Waals surface area contributed by atoms with Crippen molar-refractivity contribution in [3.8, 4) is 0 Å². The lowest BCUT2D eigenvalue weighted by Crippen LogP contribution is -2.30. The Kier molecular flexibility index (Phi) is 71.2. The van der Waals surface area contributed by atoms with E-state index < -0.39 is 97.5 Å². The molecule has 0 aliphatic carbocycles. The fourth-order valence-corrected chi connectivity index (χ4v) is 14.1. The lowest BCUT2D eigenvalue weighted by molar-refractivity contribution is -0.161. The highest BCUT2D eigenvalue weighted by Crippen LogP contribution is 2.45. The molecule has 0 radical (unpaired) electrons. The van der Waals surface area contributed by atoms with Crippen LogP contribution in [0.2, 0.25) is 0 Å². The highest BCUT2D eigenvalue weighted by Gasteiger charge is 2.30. The predicted octanol–water partition coefficient (Wildman–Crippen LogP) is 24.3. The van der Waals surface area contributed by atoms with Crippen molar-refractivity contribution in [3.63, 3.8) is 0 Å². The maximum Gasteiger partial charge on any atom is 0.472 e.